The first kappa shape index (κ1) is 22.1. The molecular formula is C23H31ClN2O2. The fourth-order valence-electron chi connectivity index (χ4n) is 3.29. The van der Waals surface area contributed by atoms with Gasteiger partial charge in [-0.15, -0.1) is 12.4 Å². The zero-order valence-electron chi connectivity index (χ0n) is 17.1. The first-order valence-corrected chi connectivity index (χ1v) is 9.63. The monoisotopic (exact) mass is 402 g/mol. The molecular weight excluding hydrogens is 372 g/mol. The van der Waals surface area contributed by atoms with Crippen LogP contribution in [0.1, 0.15) is 33.3 Å². The van der Waals surface area contributed by atoms with E-state index in [-0.39, 0.29) is 24.0 Å². The normalized spacial score (nSPS) is 11.5. The Kier molecular flexibility index (Phi) is 7.78. The second-order valence-corrected chi connectivity index (χ2v) is 7.81. The van der Waals surface area contributed by atoms with Crippen molar-refractivity contribution in [2.45, 2.75) is 45.8 Å². The van der Waals surface area contributed by atoms with E-state index in [1.54, 1.807) is 0 Å². The third-order valence-electron chi connectivity index (χ3n) is 4.48. The van der Waals surface area contributed by atoms with E-state index >= 15 is 0 Å². The molecule has 3 rings (SSSR count). The van der Waals surface area contributed by atoms with Crippen molar-refractivity contribution in [3.8, 4) is 11.5 Å². The molecule has 0 aliphatic rings. The van der Waals surface area contributed by atoms with Gasteiger partial charge < -0.3 is 19.8 Å². The standard InChI is InChI=1S/C23H30N2O2.ClH/c1-17(2)27-22-12-8-7-11-21(22)26-14-13-25-23(3,4)15-18-16-24-20-10-6-5-9-19(18)20;/h5-12,16-17,24-25H,13-15H2,1-4H3;1H. The average Bonchev–Trinajstić information content (AvgIpc) is 3.02. The Morgan fingerprint density at radius 3 is 2.43 bits per heavy atom. The van der Waals surface area contributed by atoms with E-state index < -0.39 is 0 Å². The maximum absolute atomic E-state index is 5.95. The Balaban J connectivity index is 0.00000280. The van der Waals surface area contributed by atoms with Crippen LogP contribution >= 0.6 is 12.4 Å². The Labute approximate surface area is 174 Å². The number of rotatable bonds is 9. The largest absolute Gasteiger partial charge is 0.488 e. The molecule has 28 heavy (non-hydrogen) atoms. The molecule has 0 aliphatic heterocycles. The number of benzene rings is 2. The van der Waals surface area contributed by atoms with Gasteiger partial charge in [-0.2, -0.15) is 0 Å². The molecule has 0 spiro atoms. The molecule has 0 amide bonds. The van der Waals surface area contributed by atoms with Crippen molar-refractivity contribution >= 4 is 23.3 Å². The molecule has 0 saturated heterocycles. The van der Waals surface area contributed by atoms with Crippen molar-refractivity contribution < 1.29 is 9.47 Å². The highest BCUT2D eigenvalue weighted by atomic mass is 35.5. The summed E-state index contributed by atoms with van der Waals surface area (Å²) in [4.78, 5) is 3.35. The van der Waals surface area contributed by atoms with E-state index in [0.29, 0.717) is 6.61 Å². The Morgan fingerprint density at radius 1 is 1.00 bits per heavy atom. The van der Waals surface area contributed by atoms with Crippen LogP contribution in [-0.2, 0) is 6.42 Å². The highest BCUT2D eigenvalue weighted by molar-refractivity contribution is 5.85. The number of nitrogens with one attached hydrogen (secondary N) is 2. The van der Waals surface area contributed by atoms with Crippen LogP contribution in [0.2, 0.25) is 0 Å². The van der Waals surface area contributed by atoms with Crippen LogP contribution in [0.3, 0.4) is 0 Å². The van der Waals surface area contributed by atoms with Gasteiger partial charge in [-0.3, -0.25) is 0 Å². The summed E-state index contributed by atoms with van der Waals surface area (Å²) in [5.41, 5.74) is 2.50. The summed E-state index contributed by atoms with van der Waals surface area (Å²) in [5.74, 6) is 1.59. The smallest absolute Gasteiger partial charge is 0.161 e. The minimum atomic E-state index is -0.0255. The Hall–Kier alpha value is -2.17. The van der Waals surface area contributed by atoms with Crippen molar-refractivity contribution in [1.29, 1.82) is 0 Å². The number of hydrogen-bond acceptors (Lipinski definition) is 3. The van der Waals surface area contributed by atoms with E-state index in [0.717, 1.165) is 24.5 Å². The highest BCUT2D eigenvalue weighted by Crippen LogP contribution is 2.27. The van der Waals surface area contributed by atoms with Gasteiger partial charge in [0.1, 0.15) is 6.61 Å². The van der Waals surface area contributed by atoms with Gasteiger partial charge in [-0.05, 0) is 57.9 Å². The number of halogens is 1. The molecule has 1 aromatic heterocycles. The van der Waals surface area contributed by atoms with Crippen LogP contribution in [0.25, 0.3) is 10.9 Å². The predicted octanol–water partition coefficient (Wildman–Crippen LogP) is 5.37. The minimum Gasteiger partial charge on any atom is -0.488 e. The molecule has 152 valence electrons. The zero-order chi connectivity index (χ0) is 19.3. The van der Waals surface area contributed by atoms with Crippen molar-refractivity contribution in [3.63, 3.8) is 0 Å². The lowest BCUT2D eigenvalue weighted by Gasteiger charge is -2.26. The van der Waals surface area contributed by atoms with E-state index in [2.05, 4.69) is 54.6 Å². The zero-order valence-corrected chi connectivity index (χ0v) is 17.9. The summed E-state index contributed by atoms with van der Waals surface area (Å²) in [7, 11) is 0. The molecule has 0 fully saturated rings. The number of fused-ring (bicyclic) bond motifs is 1. The van der Waals surface area contributed by atoms with E-state index in [4.69, 9.17) is 9.47 Å². The van der Waals surface area contributed by atoms with Crippen LogP contribution in [0.5, 0.6) is 11.5 Å². The van der Waals surface area contributed by atoms with Crippen LogP contribution < -0.4 is 14.8 Å². The van der Waals surface area contributed by atoms with Gasteiger partial charge in [0.2, 0.25) is 0 Å². The Morgan fingerprint density at radius 2 is 1.68 bits per heavy atom. The average molecular weight is 403 g/mol. The second kappa shape index (κ2) is 9.85. The predicted molar refractivity (Wildman–Crippen MR) is 119 cm³/mol. The number of aromatic nitrogens is 1. The molecule has 0 atom stereocenters. The molecule has 0 unspecified atom stereocenters. The van der Waals surface area contributed by atoms with E-state index in [9.17, 15) is 0 Å². The SMILES string of the molecule is CC(C)Oc1ccccc1OCCNC(C)(C)Cc1c[nH]c2ccccc12.Cl. The number of para-hydroxylation sites is 3. The minimum absolute atomic E-state index is 0. The third-order valence-corrected chi connectivity index (χ3v) is 4.48. The lowest BCUT2D eigenvalue weighted by Crippen LogP contribution is -2.43. The second-order valence-electron chi connectivity index (χ2n) is 7.81. The molecule has 0 bridgehead atoms. The number of H-pyrrole nitrogens is 1. The van der Waals surface area contributed by atoms with E-state index in [1.165, 1.54) is 16.5 Å². The van der Waals surface area contributed by atoms with E-state index in [1.807, 2.05) is 38.1 Å². The third kappa shape index (κ3) is 5.91. The number of ether oxygens (including phenoxy) is 2. The summed E-state index contributed by atoms with van der Waals surface area (Å²) in [5, 5.41) is 4.91. The maximum atomic E-state index is 5.95. The molecule has 2 aromatic carbocycles. The molecule has 3 aromatic rings. The highest BCUT2D eigenvalue weighted by Gasteiger charge is 2.19. The lowest BCUT2D eigenvalue weighted by atomic mass is 9.94. The molecule has 0 saturated carbocycles. The van der Waals surface area contributed by atoms with Crippen LogP contribution in [-0.4, -0.2) is 29.8 Å². The summed E-state index contributed by atoms with van der Waals surface area (Å²) in [6.45, 7) is 9.85. The van der Waals surface area contributed by atoms with Gasteiger partial charge in [-0.1, -0.05) is 30.3 Å². The maximum Gasteiger partial charge on any atom is 0.161 e. The molecule has 1 heterocycles. The van der Waals surface area contributed by atoms with Crippen LogP contribution in [0, 0.1) is 0 Å². The van der Waals surface area contributed by atoms with Gasteiger partial charge in [0.05, 0.1) is 6.10 Å². The number of aromatic amines is 1. The summed E-state index contributed by atoms with van der Waals surface area (Å²) in [6, 6.07) is 16.3. The molecule has 0 radical (unpaired) electrons. The first-order chi connectivity index (χ1) is 12.9. The van der Waals surface area contributed by atoms with Gasteiger partial charge in [-0.25, -0.2) is 0 Å². The fourth-order valence-corrected chi connectivity index (χ4v) is 3.29. The van der Waals surface area contributed by atoms with Crippen molar-refractivity contribution in [1.82, 2.24) is 10.3 Å². The quantitative estimate of drug-likeness (QED) is 0.473. The topological polar surface area (TPSA) is 46.3 Å². The van der Waals surface area contributed by atoms with Gasteiger partial charge in [0, 0.05) is 29.2 Å². The van der Waals surface area contributed by atoms with Crippen LogP contribution in [0.4, 0.5) is 0 Å². The molecule has 2 N–H and O–H groups in total. The molecule has 0 aliphatic carbocycles. The molecule has 5 heteroatoms. The van der Waals surface area contributed by atoms with Crippen LogP contribution in [0.15, 0.2) is 54.7 Å². The van der Waals surface area contributed by atoms with Crippen molar-refractivity contribution in [2.24, 2.45) is 0 Å². The lowest BCUT2D eigenvalue weighted by molar-refractivity contribution is 0.218. The van der Waals surface area contributed by atoms with Gasteiger partial charge in [0.25, 0.3) is 0 Å². The van der Waals surface area contributed by atoms with Gasteiger partial charge >= 0.3 is 0 Å². The van der Waals surface area contributed by atoms with Crippen molar-refractivity contribution in [3.05, 3.63) is 60.3 Å². The fraction of sp³-hybridized carbons (Fsp3) is 0.391. The molecule has 4 nitrogen and oxygen atoms in total. The summed E-state index contributed by atoms with van der Waals surface area (Å²) >= 11 is 0. The summed E-state index contributed by atoms with van der Waals surface area (Å²) < 4.78 is 11.8. The Bertz CT molecular complexity index is 874. The van der Waals surface area contributed by atoms with Gasteiger partial charge in [0.15, 0.2) is 11.5 Å². The van der Waals surface area contributed by atoms with Crippen molar-refractivity contribution in [2.75, 3.05) is 13.2 Å². The number of hydrogen-bond donors (Lipinski definition) is 2. The first-order valence-electron chi connectivity index (χ1n) is 9.63. The summed E-state index contributed by atoms with van der Waals surface area (Å²) in [6.07, 6.45) is 3.19.